The van der Waals surface area contributed by atoms with Crippen LogP contribution in [0.25, 0.3) is 22.7 Å². The van der Waals surface area contributed by atoms with Crippen LogP contribution in [-0.4, -0.2) is 17.8 Å². The molecule has 0 saturated carbocycles. The first-order valence-electron chi connectivity index (χ1n) is 9.34. The molecule has 0 bridgehead atoms. The number of carbonyl (C=O) groups excluding carboxylic acids is 1. The molecule has 30 heavy (non-hydrogen) atoms. The number of rotatable bonds is 4. The average Bonchev–Trinajstić information content (AvgIpc) is 3.44. The molecule has 0 radical (unpaired) electrons. The van der Waals surface area contributed by atoms with E-state index in [0.29, 0.717) is 28.8 Å². The van der Waals surface area contributed by atoms with E-state index in [2.05, 4.69) is 15.6 Å². The third-order valence-corrected chi connectivity index (χ3v) is 4.59. The Bertz CT molecular complexity index is 1190. The molecule has 0 fully saturated rings. The van der Waals surface area contributed by atoms with Gasteiger partial charge in [0.25, 0.3) is 0 Å². The standard InChI is InChI=1S/C23H17N3O4/c27-23(25-18-10-11-20-21(12-18)30-14-29-20)24-17-8-6-16(7-9-17)22-26-19(13-28-22)15-4-2-1-3-5-15/h1-13H,14H2,(H2,24,25,27). The summed E-state index contributed by atoms with van der Waals surface area (Å²) in [5, 5.41) is 5.57. The zero-order valence-corrected chi connectivity index (χ0v) is 15.8. The molecule has 2 N–H and O–H groups in total. The largest absolute Gasteiger partial charge is 0.454 e. The van der Waals surface area contributed by atoms with Crippen LogP contribution in [0.1, 0.15) is 0 Å². The highest BCUT2D eigenvalue weighted by Crippen LogP contribution is 2.34. The average molecular weight is 399 g/mol. The van der Waals surface area contributed by atoms with Crippen LogP contribution >= 0.6 is 0 Å². The van der Waals surface area contributed by atoms with Crippen LogP contribution in [0.15, 0.2) is 83.5 Å². The van der Waals surface area contributed by atoms with Crippen molar-refractivity contribution in [1.82, 2.24) is 4.98 Å². The van der Waals surface area contributed by atoms with Gasteiger partial charge < -0.3 is 24.5 Å². The number of hydrogen-bond acceptors (Lipinski definition) is 5. The Balaban J connectivity index is 1.24. The van der Waals surface area contributed by atoms with Gasteiger partial charge in [-0.1, -0.05) is 30.3 Å². The van der Waals surface area contributed by atoms with E-state index < -0.39 is 0 Å². The van der Waals surface area contributed by atoms with E-state index in [4.69, 9.17) is 13.9 Å². The highest BCUT2D eigenvalue weighted by molar-refractivity contribution is 6.00. The molecule has 0 aliphatic carbocycles. The van der Waals surface area contributed by atoms with Gasteiger partial charge >= 0.3 is 6.03 Å². The molecule has 1 aliphatic heterocycles. The minimum atomic E-state index is -0.357. The van der Waals surface area contributed by atoms with Crippen molar-refractivity contribution in [1.29, 1.82) is 0 Å². The summed E-state index contributed by atoms with van der Waals surface area (Å²) in [6, 6.07) is 22.0. The Hall–Kier alpha value is -4.26. The maximum absolute atomic E-state index is 12.3. The predicted molar refractivity (Wildman–Crippen MR) is 113 cm³/mol. The summed E-state index contributed by atoms with van der Waals surface area (Å²) < 4.78 is 16.2. The lowest BCUT2D eigenvalue weighted by molar-refractivity contribution is 0.174. The maximum atomic E-state index is 12.3. The van der Waals surface area contributed by atoms with E-state index in [9.17, 15) is 4.79 Å². The molecular formula is C23H17N3O4. The Morgan fingerprint density at radius 2 is 1.53 bits per heavy atom. The first kappa shape index (κ1) is 17.8. The summed E-state index contributed by atoms with van der Waals surface area (Å²) >= 11 is 0. The van der Waals surface area contributed by atoms with Crippen molar-refractivity contribution in [3.8, 4) is 34.2 Å². The van der Waals surface area contributed by atoms with Crippen LogP contribution in [0.5, 0.6) is 11.5 Å². The SMILES string of the molecule is O=C(Nc1ccc(-c2nc(-c3ccccc3)co2)cc1)Nc1ccc2c(c1)OCO2. The minimum Gasteiger partial charge on any atom is -0.454 e. The second-order valence-electron chi connectivity index (χ2n) is 6.63. The predicted octanol–water partition coefficient (Wildman–Crippen LogP) is 5.38. The van der Waals surface area contributed by atoms with Crippen molar-refractivity contribution >= 4 is 17.4 Å². The lowest BCUT2D eigenvalue weighted by atomic mass is 10.2. The fraction of sp³-hybridized carbons (Fsp3) is 0.0435. The van der Waals surface area contributed by atoms with E-state index in [-0.39, 0.29) is 12.8 Å². The van der Waals surface area contributed by atoms with Crippen molar-refractivity contribution in [3.63, 3.8) is 0 Å². The molecule has 0 spiro atoms. The molecule has 3 aromatic carbocycles. The van der Waals surface area contributed by atoms with Crippen molar-refractivity contribution in [2.75, 3.05) is 17.4 Å². The molecule has 0 atom stereocenters. The number of oxazole rings is 1. The van der Waals surface area contributed by atoms with Gasteiger partial charge in [0.2, 0.25) is 12.7 Å². The lowest BCUT2D eigenvalue weighted by Gasteiger charge is -2.08. The lowest BCUT2D eigenvalue weighted by Crippen LogP contribution is -2.19. The van der Waals surface area contributed by atoms with Gasteiger partial charge in [-0.2, -0.15) is 0 Å². The summed E-state index contributed by atoms with van der Waals surface area (Å²) in [6.45, 7) is 0.189. The monoisotopic (exact) mass is 399 g/mol. The maximum Gasteiger partial charge on any atom is 0.323 e. The minimum absolute atomic E-state index is 0.189. The summed E-state index contributed by atoms with van der Waals surface area (Å²) in [7, 11) is 0. The first-order chi connectivity index (χ1) is 14.7. The van der Waals surface area contributed by atoms with E-state index in [1.54, 1.807) is 36.6 Å². The smallest absolute Gasteiger partial charge is 0.323 e. The molecule has 0 saturated heterocycles. The molecule has 148 valence electrons. The first-order valence-corrected chi connectivity index (χ1v) is 9.34. The number of benzene rings is 3. The number of nitrogens with one attached hydrogen (secondary N) is 2. The van der Waals surface area contributed by atoms with Crippen molar-refractivity contribution < 1.29 is 18.7 Å². The molecule has 1 aliphatic rings. The molecule has 2 amide bonds. The van der Waals surface area contributed by atoms with Crippen molar-refractivity contribution in [3.05, 3.63) is 79.1 Å². The molecule has 7 nitrogen and oxygen atoms in total. The number of hydrogen-bond donors (Lipinski definition) is 2. The Labute approximate surface area is 172 Å². The van der Waals surface area contributed by atoms with Crippen LogP contribution in [0.2, 0.25) is 0 Å². The number of urea groups is 1. The van der Waals surface area contributed by atoms with Gasteiger partial charge in [0.1, 0.15) is 12.0 Å². The van der Waals surface area contributed by atoms with Gasteiger partial charge in [0.15, 0.2) is 11.5 Å². The van der Waals surface area contributed by atoms with Crippen LogP contribution in [-0.2, 0) is 0 Å². The van der Waals surface area contributed by atoms with Gasteiger partial charge in [-0.3, -0.25) is 0 Å². The van der Waals surface area contributed by atoms with Crippen LogP contribution in [0.4, 0.5) is 16.2 Å². The molecule has 4 aromatic rings. The molecule has 5 rings (SSSR count). The second-order valence-corrected chi connectivity index (χ2v) is 6.63. The van der Waals surface area contributed by atoms with E-state index in [0.717, 1.165) is 16.8 Å². The number of fused-ring (bicyclic) bond motifs is 1. The summed E-state index contributed by atoms with van der Waals surface area (Å²) in [5.74, 6) is 1.79. The molecule has 7 heteroatoms. The van der Waals surface area contributed by atoms with Gasteiger partial charge in [-0.25, -0.2) is 9.78 Å². The highest BCUT2D eigenvalue weighted by Gasteiger charge is 2.14. The second kappa shape index (κ2) is 7.63. The van der Waals surface area contributed by atoms with Crippen molar-refractivity contribution in [2.45, 2.75) is 0 Å². The van der Waals surface area contributed by atoms with E-state index in [1.165, 1.54) is 0 Å². The van der Waals surface area contributed by atoms with Crippen LogP contribution < -0.4 is 20.1 Å². The number of ether oxygens (including phenoxy) is 2. The quantitative estimate of drug-likeness (QED) is 0.481. The highest BCUT2D eigenvalue weighted by atomic mass is 16.7. The summed E-state index contributed by atoms with van der Waals surface area (Å²) in [5.41, 5.74) is 3.84. The van der Waals surface area contributed by atoms with Crippen LogP contribution in [0.3, 0.4) is 0 Å². The fourth-order valence-electron chi connectivity index (χ4n) is 3.11. The van der Waals surface area contributed by atoms with Crippen LogP contribution in [0, 0.1) is 0 Å². The van der Waals surface area contributed by atoms with Gasteiger partial charge in [0, 0.05) is 28.6 Å². The number of aromatic nitrogens is 1. The molecule has 0 unspecified atom stereocenters. The Kier molecular flexibility index (Phi) is 4.53. The summed E-state index contributed by atoms with van der Waals surface area (Å²) in [6.07, 6.45) is 1.63. The zero-order valence-electron chi connectivity index (χ0n) is 15.8. The normalized spacial score (nSPS) is 11.9. The Morgan fingerprint density at radius 1 is 0.800 bits per heavy atom. The Morgan fingerprint density at radius 3 is 2.37 bits per heavy atom. The fourth-order valence-corrected chi connectivity index (χ4v) is 3.11. The van der Waals surface area contributed by atoms with Gasteiger partial charge in [-0.15, -0.1) is 0 Å². The zero-order chi connectivity index (χ0) is 20.3. The number of carbonyl (C=O) groups is 1. The van der Waals surface area contributed by atoms with Gasteiger partial charge in [0.05, 0.1) is 0 Å². The topological polar surface area (TPSA) is 85.6 Å². The number of nitrogens with zero attached hydrogens (tertiary/aromatic N) is 1. The van der Waals surface area contributed by atoms with E-state index in [1.807, 2.05) is 42.5 Å². The molecular weight excluding hydrogens is 382 g/mol. The van der Waals surface area contributed by atoms with Gasteiger partial charge in [-0.05, 0) is 36.4 Å². The number of amides is 2. The molecule has 2 heterocycles. The summed E-state index contributed by atoms with van der Waals surface area (Å²) in [4.78, 5) is 16.8. The number of anilines is 2. The molecule has 1 aromatic heterocycles. The third kappa shape index (κ3) is 3.68. The third-order valence-electron chi connectivity index (χ3n) is 4.59. The van der Waals surface area contributed by atoms with Crippen molar-refractivity contribution in [2.24, 2.45) is 0 Å². The van der Waals surface area contributed by atoms with E-state index >= 15 is 0 Å².